The molecule has 10 heteroatoms. The Bertz CT molecular complexity index is 1020. The minimum atomic E-state index is -4.51. The number of hydrogen-bond acceptors (Lipinski definition) is 5. The van der Waals surface area contributed by atoms with Crippen LogP contribution in [0, 0.1) is 0 Å². The maximum absolute atomic E-state index is 12.2. The van der Waals surface area contributed by atoms with Gasteiger partial charge < -0.3 is 15.1 Å². The van der Waals surface area contributed by atoms with Crippen LogP contribution in [0.25, 0.3) is 16.6 Å². The summed E-state index contributed by atoms with van der Waals surface area (Å²) >= 11 is 1.60. The molecule has 1 aromatic carbocycles. The molecule has 0 fully saturated rings. The Morgan fingerprint density at radius 2 is 2.07 bits per heavy atom. The Labute approximate surface area is 165 Å². The van der Waals surface area contributed by atoms with Gasteiger partial charge in [0.2, 0.25) is 5.91 Å². The number of rotatable bonds is 7. The minimum Gasteiger partial charge on any atom is -0.323 e. The molecule has 0 radical (unpaired) electrons. The van der Waals surface area contributed by atoms with Crippen molar-refractivity contribution in [3.63, 3.8) is 0 Å². The predicted molar refractivity (Wildman–Crippen MR) is 107 cm³/mol. The summed E-state index contributed by atoms with van der Waals surface area (Å²) in [7, 11) is -2.66. The monoisotopic (exact) mass is 419 g/mol. The molecule has 28 heavy (non-hydrogen) atoms. The van der Waals surface area contributed by atoms with Crippen molar-refractivity contribution in [2.45, 2.75) is 6.61 Å². The van der Waals surface area contributed by atoms with Gasteiger partial charge in [0.25, 0.3) is 0 Å². The molecule has 0 aliphatic heterocycles. The lowest BCUT2D eigenvalue weighted by Crippen LogP contribution is -2.07. The van der Waals surface area contributed by atoms with Gasteiger partial charge in [0, 0.05) is 24.4 Å². The first-order chi connectivity index (χ1) is 13.3. The average molecular weight is 419 g/mol. The van der Waals surface area contributed by atoms with Crippen LogP contribution < -0.4 is 5.32 Å². The maximum atomic E-state index is 12.2. The molecule has 0 spiro atoms. The van der Waals surface area contributed by atoms with E-state index in [4.69, 9.17) is 9.79 Å². The molecule has 0 bridgehead atoms. The molecule has 0 saturated heterocycles. The summed E-state index contributed by atoms with van der Waals surface area (Å²) in [4.78, 5) is 30.7. The summed E-state index contributed by atoms with van der Waals surface area (Å²) in [6.07, 6.45) is 4.84. The number of amides is 1. The Balaban J connectivity index is 1.63. The van der Waals surface area contributed by atoms with Crippen molar-refractivity contribution in [1.82, 2.24) is 9.78 Å². The second-order valence-electron chi connectivity index (χ2n) is 5.83. The van der Waals surface area contributed by atoms with Gasteiger partial charge in [0.15, 0.2) is 0 Å². The Morgan fingerprint density at radius 1 is 1.32 bits per heavy atom. The molecule has 0 saturated carbocycles. The van der Waals surface area contributed by atoms with Gasteiger partial charge in [-0.3, -0.25) is 14.0 Å². The fourth-order valence-electron chi connectivity index (χ4n) is 2.48. The van der Waals surface area contributed by atoms with Crippen LogP contribution in [0.1, 0.15) is 11.1 Å². The van der Waals surface area contributed by atoms with Gasteiger partial charge >= 0.3 is 7.82 Å². The molecule has 0 aliphatic rings. The van der Waals surface area contributed by atoms with E-state index < -0.39 is 7.82 Å². The van der Waals surface area contributed by atoms with Gasteiger partial charge in [0.05, 0.1) is 23.4 Å². The van der Waals surface area contributed by atoms with Gasteiger partial charge in [0.1, 0.15) is 0 Å². The van der Waals surface area contributed by atoms with Crippen molar-refractivity contribution in [1.29, 1.82) is 0 Å². The topological polar surface area (TPSA) is 114 Å². The van der Waals surface area contributed by atoms with Crippen molar-refractivity contribution >= 4 is 36.8 Å². The summed E-state index contributed by atoms with van der Waals surface area (Å²) in [5.74, 6) is -0.305. The first-order valence-electron chi connectivity index (χ1n) is 8.16. The molecular weight excluding hydrogens is 401 g/mol. The molecule has 146 valence electrons. The van der Waals surface area contributed by atoms with Crippen LogP contribution in [0.4, 0.5) is 5.69 Å². The van der Waals surface area contributed by atoms with Crippen molar-refractivity contribution in [3.05, 3.63) is 65.2 Å². The number of nitrogens with zero attached hydrogens (tertiary/aromatic N) is 2. The largest absolute Gasteiger partial charge is 0.469 e. The lowest BCUT2D eigenvalue weighted by molar-refractivity contribution is -0.111. The number of thiophene rings is 1. The van der Waals surface area contributed by atoms with Crippen LogP contribution in [0.5, 0.6) is 0 Å². The van der Waals surface area contributed by atoms with E-state index in [2.05, 4.69) is 14.9 Å². The third-order valence-corrected chi connectivity index (χ3v) is 5.10. The third-order valence-electron chi connectivity index (χ3n) is 3.76. The summed E-state index contributed by atoms with van der Waals surface area (Å²) in [6.45, 7) is -0.217. The number of phosphoric ester groups is 1. The van der Waals surface area contributed by atoms with Gasteiger partial charge in [-0.25, -0.2) is 4.57 Å². The molecule has 2 heterocycles. The first kappa shape index (κ1) is 20.2. The number of benzene rings is 1. The van der Waals surface area contributed by atoms with Crippen molar-refractivity contribution in [2.75, 3.05) is 5.32 Å². The summed E-state index contributed by atoms with van der Waals surface area (Å²) < 4.78 is 16.9. The number of hydrogen-bond donors (Lipinski definition) is 3. The first-order valence-corrected chi connectivity index (χ1v) is 10.6. The highest BCUT2D eigenvalue weighted by molar-refractivity contribution is 7.46. The van der Waals surface area contributed by atoms with E-state index >= 15 is 0 Å². The fourth-order valence-corrected chi connectivity index (χ4v) is 3.62. The molecule has 0 atom stereocenters. The van der Waals surface area contributed by atoms with Crippen LogP contribution in [-0.4, -0.2) is 25.5 Å². The van der Waals surface area contributed by atoms with Gasteiger partial charge in [-0.1, -0.05) is 18.2 Å². The number of anilines is 1. The summed E-state index contributed by atoms with van der Waals surface area (Å²) in [5, 5.41) is 8.96. The maximum Gasteiger partial charge on any atom is 0.469 e. The van der Waals surface area contributed by atoms with E-state index in [0.717, 1.165) is 16.1 Å². The number of aryl methyl sites for hydroxylation is 1. The molecule has 3 aromatic rings. The minimum absolute atomic E-state index is 0.217. The number of carbonyl (C=O) groups is 1. The van der Waals surface area contributed by atoms with Crippen molar-refractivity contribution in [2.24, 2.45) is 7.05 Å². The molecular formula is C18H18N3O5PS. The molecule has 0 aliphatic carbocycles. The molecule has 3 N–H and O–H groups in total. The van der Waals surface area contributed by atoms with Gasteiger partial charge in [-0.15, -0.1) is 11.3 Å². The van der Waals surface area contributed by atoms with Crippen LogP contribution in [-0.2, 0) is 27.5 Å². The van der Waals surface area contributed by atoms with Crippen LogP contribution in [0.3, 0.4) is 0 Å². The molecule has 2 aromatic heterocycles. The summed E-state index contributed by atoms with van der Waals surface area (Å²) in [6, 6.07) is 10.4. The number of carbonyl (C=O) groups excluding carboxylic acids is 1. The lowest BCUT2D eigenvalue weighted by atomic mass is 10.2. The highest BCUT2D eigenvalue weighted by Crippen LogP contribution is 2.37. The highest BCUT2D eigenvalue weighted by atomic mass is 32.1. The van der Waals surface area contributed by atoms with E-state index in [0.29, 0.717) is 11.3 Å². The van der Waals surface area contributed by atoms with Crippen LogP contribution in [0.2, 0.25) is 0 Å². The number of nitrogens with one attached hydrogen (secondary N) is 1. The molecule has 8 nitrogen and oxygen atoms in total. The molecule has 0 unspecified atom stereocenters. The van der Waals surface area contributed by atoms with Crippen molar-refractivity contribution in [3.8, 4) is 10.6 Å². The SMILES string of the molecule is Cn1ncc(/C=C/C(=O)Nc2ccc(COP(=O)(O)O)cc2)c1-c1cccs1. The Morgan fingerprint density at radius 3 is 2.71 bits per heavy atom. The quantitative estimate of drug-likeness (QED) is 0.400. The van der Waals surface area contributed by atoms with E-state index in [9.17, 15) is 9.36 Å². The molecule has 3 rings (SSSR count). The van der Waals surface area contributed by atoms with E-state index in [1.165, 1.54) is 6.08 Å². The second kappa shape index (κ2) is 8.64. The van der Waals surface area contributed by atoms with E-state index in [1.807, 2.05) is 24.6 Å². The lowest BCUT2D eigenvalue weighted by Gasteiger charge is -2.06. The third kappa shape index (κ3) is 5.48. The Kier molecular flexibility index (Phi) is 6.23. The van der Waals surface area contributed by atoms with Gasteiger partial charge in [-0.2, -0.15) is 5.10 Å². The van der Waals surface area contributed by atoms with E-state index in [-0.39, 0.29) is 12.5 Å². The standard InChI is InChI=1S/C18H18N3O5PS/c1-21-18(16-3-2-10-28-16)14(11-19-21)6-9-17(22)20-15-7-4-13(5-8-15)12-26-27(23,24)25/h2-11H,12H2,1H3,(H,20,22)(H2,23,24,25)/b9-6+. The average Bonchev–Trinajstić information content (AvgIpc) is 3.28. The number of aromatic nitrogens is 2. The van der Waals surface area contributed by atoms with Crippen LogP contribution in [0.15, 0.2) is 54.1 Å². The predicted octanol–water partition coefficient (Wildman–Crippen LogP) is 3.41. The van der Waals surface area contributed by atoms with Crippen LogP contribution >= 0.6 is 19.2 Å². The second-order valence-corrected chi connectivity index (χ2v) is 8.02. The zero-order chi connectivity index (χ0) is 20.1. The van der Waals surface area contributed by atoms with Crippen molar-refractivity contribution < 1.29 is 23.7 Å². The summed E-state index contributed by atoms with van der Waals surface area (Å²) in [5.41, 5.74) is 2.91. The fraction of sp³-hybridized carbons (Fsp3) is 0.111. The number of phosphoric acid groups is 1. The van der Waals surface area contributed by atoms with Gasteiger partial charge in [-0.05, 0) is 35.2 Å². The zero-order valence-electron chi connectivity index (χ0n) is 14.8. The zero-order valence-corrected chi connectivity index (χ0v) is 16.6. The normalized spacial score (nSPS) is 11.8. The smallest absolute Gasteiger partial charge is 0.323 e. The van der Waals surface area contributed by atoms with E-state index in [1.54, 1.807) is 52.6 Å². The highest BCUT2D eigenvalue weighted by Gasteiger charge is 2.13. The Hall–Kier alpha value is -2.55. The molecule has 1 amide bonds.